The van der Waals surface area contributed by atoms with Gasteiger partial charge < -0.3 is 9.47 Å². The molecule has 1 aromatic heterocycles. The Bertz CT molecular complexity index is 1560. The lowest BCUT2D eigenvalue weighted by atomic mass is 9.85. The summed E-state index contributed by atoms with van der Waals surface area (Å²) in [6, 6.07) is 23.3. The number of carbonyl (C=O) groups is 2. The maximum absolute atomic E-state index is 13.7. The van der Waals surface area contributed by atoms with Crippen LogP contribution in [-0.2, 0) is 9.47 Å². The molecule has 1 unspecified atom stereocenters. The number of rotatable bonds is 4. The molecule has 1 atom stereocenters. The fourth-order valence-corrected chi connectivity index (χ4v) is 6.32. The molecule has 0 saturated heterocycles. The predicted octanol–water partition coefficient (Wildman–Crippen LogP) is 8.52. The van der Waals surface area contributed by atoms with Crippen LogP contribution in [0.4, 0.5) is 15.4 Å². The molecule has 0 saturated carbocycles. The summed E-state index contributed by atoms with van der Waals surface area (Å²) in [6.07, 6.45) is -1.13. The SMILES string of the molecule is CCOC(=O)N1C(c2ccccc2)=C(I)C(c2ccc(Cl)cc2)c2c1n(C(=O)OCC)c1ccc(C)cc21. The number of hydrogen-bond acceptors (Lipinski definition) is 4. The molecule has 2 heterocycles. The summed E-state index contributed by atoms with van der Waals surface area (Å²) in [4.78, 5) is 28.8. The number of aryl methyl sites for hydroxylation is 1. The molecule has 0 radical (unpaired) electrons. The lowest BCUT2D eigenvalue weighted by Gasteiger charge is -2.35. The van der Waals surface area contributed by atoms with Gasteiger partial charge in [0.15, 0.2) is 0 Å². The third-order valence-electron chi connectivity index (χ3n) is 6.49. The molecule has 0 spiro atoms. The number of carbonyl (C=O) groups excluding carboxylic acids is 2. The van der Waals surface area contributed by atoms with Crippen molar-refractivity contribution < 1.29 is 19.1 Å². The van der Waals surface area contributed by atoms with Gasteiger partial charge in [-0.2, -0.15) is 0 Å². The van der Waals surface area contributed by atoms with E-state index < -0.39 is 12.2 Å². The molecule has 0 bridgehead atoms. The Hall–Kier alpha value is -3.30. The fraction of sp³-hybridized carbons (Fsp3) is 0.200. The molecule has 0 fully saturated rings. The molecule has 1 aliphatic heterocycles. The Morgan fingerprint density at radius 3 is 2.24 bits per heavy atom. The zero-order valence-corrected chi connectivity index (χ0v) is 24.1. The van der Waals surface area contributed by atoms with Crippen molar-refractivity contribution in [2.45, 2.75) is 26.7 Å². The number of amides is 1. The van der Waals surface area contributed by atoms with Crippen molar-refractivity contribution in [3.05, 3.63) is 104 Å². The van der Waals surface area contributed by atoms with Crippen LogP contribution in [0.5, 0.6) is 0 Å². The molecule has 4 aromatic rings. The van der Waals surface area contributed by atoms with Crippen LogP contribution in [0, 0.1) is 6.92 Å². The van der Waals surface area contributed by atoms with E-state index in [-0.39, 0.29) is 19.1 Å². The second-order valence-electron chi connectivity index (χ2n) is 8.87. The normalized spacial score (nSPS) is 15.0. The predicted molar refractivity (Wildman–Crippen MR) is 159 cm³/mol. The van der Waals surface area contributed by atoms with Gasteiger partial charge in [0.05, 0.1) is 24.4 Å². The number of aromatic nitrogens is 1. The average molecular weight is 641 g/mol. The van der Waals surface area contributed by atoms with Crippen molar-refractivity contribution in [3.8, 4) is 0 Å². The van der Waals surface area contributed by atoms with Crippen molar-refractivity contribution in [2.24, 2.45) is 0 Å². The van der Waals surface area contributed by atoms with Crippen molar-refractivity contribution in [3.63, 3.8) is 0 Å². The van der Waals surface area contributed by atoms with Crippen LogP contribution in [-0.4, -0.2) is 30.0 Å². The number of nitrogens with zero attached hydrogens (tertiary/aromatic N) is 2. The third kappa shape index (κ3) is 4.47. The van der Waals surface area contributed by atoms with E-state index in [2.05, 4.69) is 22.6 Å². The molecule has 5 rings (SSSR count). The number of fused-ring (bicyclic) bond motifs is 3. The van der Waals surface area contributed by atoms with Crippen molar-refractivity contribution in [1.29, 1.82) is 0 Å². The summed E-state index contributed by atoms with van der Waals surface area (Å²) in [6.45, 7) is 5.91. The highest BCUT2D eigenvalue weighted by Crippen LogP contribution is 2.54. The molecule has 6 nitrogen and oxygen atoms in total. The first-order valence-electron chi connectivity index (χ1n) is 12.4. The van der Waals surface area contributed by atoms with E-state index in [1.807, 2.05) is 79.7 Å². The molecule has 3 aromatic carbocycles. The minimum Gasteiger partial charge on any atom is -0.449 e. The van der Waals surface area contributed by atoms with Gasteiger partial charge in [-0.1, -0.05) is 65.7 Å². The first-order chi connectivity index (χ1) is 18.4. The maximum atomic E-state index is 13.7. The number of allylic oxidation sites excluding steroid dienone is 1. The topological polar surface area (TPSA) is 60.8 Å². The lowest BCUT2D eigenvalue weighted by Crippen LogP contribution is -2.37. The van der Waals surface area contributed by atoms with Crippen LogP contribution in [0.3, 0.4) is 0 Å². The van der Waals surface area contributed by atoms with Gasteiger partial charge in [0.1, 0.15) is 5.82 Å². The van der Waals surface area contributed by atoms with Crippen molar-refractivity contribution in [2.75, 3.05) is 18.1 Å². The monoisotopic (exact) mass is 640 g/mol. The van der Waals surface area contributed by atoms with Crippen LogP contribution in [0.25, 0.3) is 16.6 Å². The zero-order valence-electron chi connectivity index (χ0n) is 21.2. The Balaban J connectivity index is 1.95. The van der Waals surface area contributed by atoms with Crippen LogP contribution in [0.1, 0.15) is 42.0 Å². The first-order valence-corrected chi connectivity index (χ1v) is 13.8. The molecule has 8 heteroatoms. The smallest absolute Gasteiger partial charge is 0.420 e. The molecular formula is C30H26ClIN2O4. The Morgan fingerprint density at radius 1 is 0.921 bits per heavy atom. The molecule has 38 heavy (non-hydrogen) atoms. The summed E-state index contributed by atoms with van der Waals surface area (Å²) in [5.41, 5.74) is 4.99. The molecule has 1 amide bonds. The summed E-state index contributed by atoms with van der Waals surface area (Å²) in [5, 5.41) is 1.49. The number of ether oxygens (including phenoxy) is 2. The number of halogens is 2. The molecular weight excluding hydrogens is 615 g/mol. The van der Waals surface area contributed by atoms with E-state index in [4.69, 9.17) is 21.1 Å². The van der Waals surface area contributed by atoms with Crippen LogP contribution in [0.15, 0.2) is 76.4 Å². The van der Waals surface area contributed by atoms with Crippen LogP contribution < -0.4 is 4.90 Å². The van der Waals surface area contributed by atoms with Gasteiger partial charge in [-0.05, 0) is 78.8 Å². The van der Waals surface area contributed by atoms with Crippen LogP contribution >= 0.6 is 34.2 Å². The quantitative estimate of drug-likeness (QED) is 0.210. The van der Waals surface area contributed by atoms with E-state index in [1.165, 1.54) is 9.47 Å². The molecule has 1 aliphatic rings. The lowest BCUT2D eigenvalue weighted by molar-refractivity contribution is 0.154. The highest BCUT2D eigenvalue weighted by Gasteiger charge is 2.42. The summed E-state index contributed by atoms with van der Waals surface area (Å²) < 4.78 is 13.5. The van der Waals surface area contributed by atoms with E-state index in [1.54, 1.807) is 13.8 Å². The van der Waals surface area contributed by atoms with E-state index in [0.717, 1.165) is 31.2 Å². The van der Waals surface area contributed by atoms with Crippen molar-refractivity contribution in [1.82, 2.24) is 4.57 Å². The van der Waals surface area contributed by atoms with Gasteiger partial charge >= 0.3 is 12.2 Å². The second-order valence-corrected chi connectivity index (χ2v) is 10.5. The van der Waals surface area contributed by atoms with Gasteiger partial charge in [-0.15, -0.1) is 0 Å². The number of benzene rings is 3. The standard InChI is InChI=1S/C30H26ClIN2O4/c1-4-37-29(35)33-23-16-11-18(3)17-22(23)25-24(19-12-14-21(31)15-13-19)26(32)27(20-9-7-6-8-10-20)34(28(25)33)30(36)38-5-2/h6-17,24H,4-5H2,1-3H3. The van der Waals surface area contributed by atoms with Crippen LogP contribution in [0.2, 0.25) is 5.02 Å². The van der Waals surface area contributed by atoms with Gasteiger partial charge in [-0.25, -0.2) is 19.1 Å². The third-order valence-corrected chi connectivity index (χ3v) is 7.88. The van der Waals surface area contributed by atoms with Gasteiger partial charge in [0.2, 0.25) is 0 Å². The Kier molecular flexibility index (Phi) is 7.49. The largest absolute Gasteiger partial charge is 0.449 e. The van der Waals surface area contributed by atoms with Gasteiger partial charge in [0.25, 0.3) is 0 Å². The van der Waals surface area contributed by atoms with E-state index in [0.29, 0.717) is 22.1 Å². The minimum absolute atomic E-state index is 0.183. The van der Waals surface area contributed by atoms with Gasteiger partial charge in [0, 0.05) is 25.5 Å². The zero-order chi connectivity index (χ0) is 27.0. The molecule has 0 aliphatic carbocycles. The second kappa shape index (κ2) is 10.8. The molecule has 194 valence electrons. The van der Waals surface area contributed by atoms with Gasteiger partial charge in [-0.3, -0.25) is 0 Å². The number of hydrogen-bond donors (Lipinski definition) is 0. The van der Waals surface area contributed by atoms with Crippen molar-refractivity contribution >= 4 is 68.8 Å². The first kappa shape index (κ1) is 26.3. The average Bonchev–Trinajstić information content (AvgIpc) is 3.23. The number of anilines is 1. The highest BCUT2D eigenvalue weighted by molar-refractivity contribution is 14.1. The minimum atomic E-state index is -0.568. The van der Waals surface area contributed by atoms with E-state index in [9.17, 15) is 9.59 Å². The fourth-order valence-electron chi connectivity index (χ4n) is 4.97. The summed E-state index contributed by atoms with van der Waals surface area (Å²) >= 11 is 8.59. The Labute approximate surface area is 239 Å². The van der Waals surface area contributed by atoms with E-state index >= 15 is 0 Å². The highest BCUT2D eigenvalue weighted by atomic mass is 127. The Morgan fingerprint density at radius 2 is 1.58 bits per heavy atom. The summed E-state index contributed by atoms with van der Waals surface area (Å²) in [7, 11) is 0. The summed E-state index contributed by atoms with van der Waals surface area (Å²) in [5.74, 6) is 0.144. The molecule has 0 N–H and O–H groups in total. The maximum Gasteiger partial charge on any atom is 0.420 e.